The molecule has 0 unspecified atom stereocenters. The van der Waals surface area contributed by atoms with Gasteiger partial charge in [0.25, 0.3) is 0 Å². The summed E-state index contributed by atoms with van der Waals surface area (Å²) in [5.41, 5.74) is 1.17. The Labute approximate surface area is 301 Å². The van der Waals surface area contributed by atoms with Crippen LogP contribution in [0.2, 0.25) is 0 Å². The number of hydrogen-bond donors (Lipinski definition) is 0. The summed E-state index contributed by atoms with van der Waals surface area (Å²) in [5.74, 6) is -1.99. The summed E-state index contributed by atoms with van der Waals surface area (Å²) < 4.78 is 25.6. The number of hydrogen-bond acceptors (Lipinski definition) is 7. The number of aryl methyl sites for hydroxylation is 1. The van der Waals surface area contributed by atoms with Crippen molar-refractivity contribution in [3.63, 3.8) is 0 Å². The fourth-order valence-electron chi connectivity index (χ4n) is 5.79. The van der Waals surface area contributed by atoms with E-state index in [4.69, 9.17) is 9.26 Å². The average molecular weight is 688 g/mol. The summed E-state index contributed by atoms with van der Waals surface area (Å²) in [5, 5.41) is 12.0. The number of ether oxygens (including phenoxy) is 1. The van der Waals surface area contributed by atoms with E-state index in [0.29, 0.717) is 25.3 Å². The number of rotatable bonds is 14. The van der Waals surface area contributed by atoms with Crippen molar-refractivity contribution in [2.75, 3.05) is 18.9 Å². The van der Waals surface area contributed by atoms with Crippen LogP contribution >= 0.6 is 47.9 Å². The van der Waals surface area contributed by atoms with Crippen LogP contribution in [0.5, 0.6) is 0 Å². The van der Waals surface area contributed by atoms with E-state index in [1.165, 1.54) is 16.9 Å². The summed E-state index contributed by atoms with van der Waals surface area (Å²) >= 11 is 0. The number of aliphatic carboxylic acids is 1. The Bertz CT molecular complexity index is 1010. The Balaban J connectivity index is 0. The number of nitrogens with zero attached hydrogens (tertiary/aromatic N) is 1. The number of carboxylic acid groups (broad SMARTS) is 1. The second-order valence-corrected chi connectivity index (χ2v) is 14.1. The average Bonchev–Trinajstić information content (AvgIpc) is 3.38. The first-order valence-corrected chi connectivity index (χ1v) is 16.6. The smallest absolute Gasteiger partial charge is 0.548 e. The van der Waals surface area contributed by atoms with Crippen molar-refractivity contribution in [2.45, 2.75) is 97.3 Å². The van der Waals surface area contributed by atoms with E-state index in [2.05, 4.69) is 0 Å². The molecule has 1 aliphatic heterocycles. The maximum absolute atomic E-state index is 14.2. The molecule has 13 heteroatoms. The van der Waals surface area contributed by atoms with Gasteiger partial charge in [-0.25, -0.2) is 0 Å². The Morgan fingerprint density at radius 2 is 1.63 bits per heavy atom. The van der Waals surface area contributed by atoms with Crippen molar-refractivity contribution in [1.29, 1.82) is 0 Å². The van der Waals surface area contributed by atoms with Gasteiger partial charge < -0.3 is 19.5 Å². The van der Waals surface area contributed by atoms with Crippen LogP contribution in [0.25, 0.3) is 0 Å². The van der Waals surface area contributed by atoms with Crippen molar-refractivity contribution < 1.29 is 62.9 Å². The minimum Gasteiger partial charge on any atom is -0.548 e. The number of amides is 1. The van der Waals surface area contributed by atoms with Crippen molar-refractivity contribution in [3.8, 4) is 0 Å². The second kappa shape index (κ2) is 22.4. The Hall–Kier alpha value is -0.130. The maximum Gasteiger partial charge on any atom is 1.00 e. The van der Waals surface area contributed by atoms with Gasteiger partial charge in [-0.1, -0.05) is 83.2 Å². The molecule has 1 aliphatic carbocycles. The molecule has 1 amide bonds. The molecule has 1 heterocycles. The molecular formula is C30H51NNaO7PS3. The van der Waals surface area contributed by atoms with Crippen molar-refractivity contribution in [3.05, 3.63) is 35.9 Å². The van der Waals surface area contributed by atoms with Crippen molar-refractivity contribution >= 4 is 65.7 Å². The topological polar surface area (TPSA) is 113 Å². The van der Waals surface area contributed by atoms with Crippen LogP contribution in [0, 0.1) is 17.8 Å². The van der Waals surface area contributed by atoms with Crippen LogP contribution in [0.4, 0.5) is 0 Å². The van der Waals surface area contributed by atoms with Crippen LogP contribution in [-0.4, -0.2) is 53.9 Å². The minimum absolute atomic E-state index is 0. The molecule has 0 spiro atoms. The Morgan fingerprint density at radius 3 is 2.19 bits per heavy atom. The van der Waals surface area contributed by atoms with Crippen LogP contribution in [0.3, 0.4) is 0 Å². The first-order chi connectivity index (χ1) is 18.6. The zero-order valence-corrected chi connectivity index (χ0v) is 32.1. The number of carbonyl (C=O) groups is 3. The number of unbranched alkanes of at least 4 members (excludes halogenated alkanes) is 1. The second-order valence-electron chi connectivity index (χ2n) is 11.5. The number of benzene rings is 1. The molecule has 1 saturated carbocycles. The Morgan fingerprint density at radius 1 is 1.00 bits per heavy atom. The van der Waals surface area contributed by atoms with Gasteiger partial charge in [0.15, 0.2) is 0 Å². The fourth-order valence-corrected chi connectivity index (χ4v) is 8.09. The fraction of sp³-hybridized carbons (Fsp3) is 0.700. The summed E-state index contributed by atoms with van der Waals surface area (Å²) in [6, 6.07) is 8.96. The first kappa shape index (κ1) is 45.0. The van der Waals surface area contributed by atoms with E-state index >= 15 is 0 Å². The van der Waals surface area contributed by atoms with Gasteiger partial charge in [0.2, 0.25) is 19.6 Å². The molecule has 242 valence electrons. The van der Waals surface area contributed by atoms with Crippen LogP contribution in [-0.2, 0) is 34.6 Å². The van der Waals surface area contributed by atoms with Gasteiger partial charge in [0, 0.05) is 25.0 Å². The normalized spacial score (nSPS) is 20.3. The third-order valence-corrected chi connectivity index (χ3v) is 10.4. The SMILES string of the molecule is CCC(=O)O[C@@H](O[P@](=O)(CCCCc1ccccc1)CC(=O)N1C[C@H](C2CCCCC2)C[C@H]1C(=O)[O-])C(C)C.S.S.S.[Na+]. The quantitative estimate of drug-likeness (QED) is 0.0969. The van der Waals surface area contributed by atoms with E-state index in [0.717, 1.165) is 38.5 Å². The van der Waals surface area contributed by atoms with Crippen LogP contribution in [0.1, 0.15) is 84.1 Å². The summed E-state index contributed by atoms with van der Waals surface area (Å²) in [6.07, 6.45) is 6.88. The maximum atomic E-state index is 14.2. The van der Waals surface area contributed by atoms with Crippen molar-refractivity contribution in [2.24, 2.45) is 17.8 Å². The molecule has 1 aromatic carbocycles. The predicted octanol–water partition coefficient (Wildman–Crippen LogP) is 2.13. The van der Waals surface area contributed by atoms with Gasteiger partial charge in [0.1, 0.15) is 6.16 Å². The van der Waals surface area contributed by atoms with E-state index in [9.17, 15) is 24.1 Å². The third kappa shape index (κ3) is 14.4. The molecule has 0 radical (unpaired) electrons. The van der Waals surface area contributed by atoms with E-state index in [-0.39, 0.29) is 94.5 Å². The van der Waals surface area contributed by atoms with E-state index in [1.54, 1.807) is 20.8 Å². The number of carboxylic acids is 1. The van der Waals surface area contributed by atoms with Gasteiger partial charge in [-0.05, 0) is 43.1 Å². The molecule has 2 fully saturated rings. The summed E-state index contributed by atoms with van der Waals surface area (Å²) in [7, 11) is -3.62. The Kier molecular flexibility index (Phi) is 23.4. The van der Waals surface area contributed by atoms with E-state index in [1.807, 2.05) is 30.3 Å². The number of likely N-dealkylation sites (tertiary alicyclic amines) is 1. The molecule has 0 aromatic heterocycles. The molecule has 3 rings (SSSR count). The number of esters is 1. The van der Waals surface area contributed by atoms with E-state index < -0.39 is 43.7 Å². The molecule has 1 saturated heterocycles. The predicted molar refractivity (Wildman–Crippen MR) is 179 cm³/mol. The summed E-state index contributed by atoms with van der Waals surface area (Å²) in [4.78, 5) is 39.0. The van der Waals surface area contributed by atoms with Crippen LogP contribution in [0.15, 0.2) is 30.3 Å². The van der Waals surface area contributed by atoms with Gasteiger partial charge >= 0.3 is 35.5 Å². The monoisotopic (exact) mass is 687 g/mol. The number of carbonyl (C=O) groups excluding carboxylic acids is 3. The molecule has 8 nitrogen and oxygen atoms in total. The van der Waals surface area contributed by atoms with Gasteiger partial charge in [-0.2, -0.15) is 40.5 Å². The van der Waals surface area contributed by atoms with Crippen molar-refractivity contribution in [1.82, 2.24) is 4.90 Å². The molecule has 0 bridgehead atoms. The zero-order valence-electron chi connectivity index (χ0n) is 26.2. The van der Waals surface area contributed by atoms with Crippen LogP contribution < -0.4 is 34.7 Å². The zero-order chi connectivity index (χ0) is 28.4. The molecular weight excluding hydrogens is 636 g/mol. The van der Waals surface area contributed by atoms with Gasteiger partial charge in [-0.15, -0.1) is 0 Å². The largest absolute Gasteiger partial charge is 1.00 e. The molecule has 43 heavy (non-hydrogen) atoms. The third-order valence-electron chi connectivity index (χ3n) is 8.05. The summed E-state index contributed by atoms with van der Waals surface area (Å²) in [6.45, 7) is 5.62. The minimum atomic E-state index is -3.62. The molecule has 0 N–H and O–H groups in total. The molecule has 1 aromatic rings. The first-order valence-electron chi connectivity index (χ1n) is 14.6. The standard InChI is InChI=1S/C30H46NO7P.Na.3H2S/c1-4-28(33)37-30(22(2)3)38-39(36,18-12-11-15-23-13-7-5-8-14-23)21-27(32)31-20-25(19-26(31)29(34)35)24-16-9-6-10-17-24;;;;/h5,7-8,13-14,22,24-26,30H,4,6,9-12,15-21H2,1-3H3,(H,34,35);;3*1H2/q;+1;;;/p-1/t25-,26+,30+,39-;;;;/m1..../s1. The van der Waals surface area contributed by atoms with Gasteiger partial charge in [-0.3, -0.25) is 18.7 Å². The van der Waals surface area contributed by atoms with Gasteiger partial charge in [0.05, 0.1) is 12.0 Å². The molecule has 4 atom stereocenters. The molecule has 2 aliphatic rings.